The highest BCUT2D eigenvalue weighted by molar-refractivity contribution is 6.31. The van der Waals surface area contributed by atoms with Crippen LogP contribution in [0.3, 0.4) is 0 Å². The lowest BCUT2D eigenvalue weighted by atomic mass is 10.0. The molecule has 0 aliphatic rings. The lowest BCUT2D eigenvalue weighted by Crippen LogP contribution is -2.03. The fourth-order valence-electron chi connectivity index (χ4n) is 1.83. The molecule has 0 aliphatic heterocycles. The molecular weight excluding hydrogens is 251 g/mol. The molecule has 0 saturated carbocycles. The monoisotopic (exact) mass is 264 g/mol. The number of aliphatic hydroxyl groups excluding tert-OH is 1. The van der Waals surface area contributed by atoms with E-state index in [0.717, 1.165) is 11.1 Å². The van der Waals surface area contributed by atoms with Crippen LogP contribution in [0.5, 0.6) is 0 Å². The third-order valence-electron chi connectivity index (χ3n) is 2.87. The maximum Gasteiger partial charge on any atom is 0.123 e. The Morgan fingerprint density at radius 3 is 2.50 bits per heavy atom. The Kier molecular flexibility index (Phi) is 4.00. The Hall–Kier alpha value is -1.38. The molecule has 0 aliphatic carbocycles. The quantitative estimate of drug-likeness (QED) is 0.886. The first kappa shape index (κ1) is 13.1. The summed E-state index contributed by atoms with van der Waals surface area (Å²) in [5.41, 5.74) is 2.59. The molecule has 2 rings (SSSR count). The maximum atomic E-state index is 13.1. The van der Waals surface area contributed by atoms with Crippen molar-refractivity contribution in [3.63, 3.8) is 0 Å². The zero-order chi connectivity index (χ0) is 13.1. The van der Waals surface area contributed by atoms with Crippen molar-refractivity contribution >= 4 is 11.6 Å². The van der Waals surface area contributed by atoms with Crippen LogP contribution >= 0.6 is 11.6 Å². The molecule has 1 atom stereocenters. The predicted octanol–water partition coefficient (Wildman–Crippen LogP) is 4.06. The number of halogens is 2. The average Bonchev–Trinajstić information content (AvgIpc) is 2.35. The van der Waals surface area contributed by atoms with E-state index in [4.69, 9.17) is 11.6 Å². The topological polar surface area (TPSA) is 20.2 Å². The van der Waals surface area contributed by atoms with Gasteiger partial charge >= 0.3 is 0 Å². The van der Waals surface area contributed by atoms with Crippen LogP contribution in [0.1, 0.15) is 22.8 Å². The molecule has 94 valence electrons. The maximum absolute atomic E-state index is 13.1. The van der Waals surface area contributed by atoms with Crippen LogP contribution in [-0.2, 0) is 6.42 Å². The van der Waals surface area contributed by atoms with Gasteiger partial charge in [0.25, 0.3) is 0 Å². The molecule has 0 radical (unpaired) electrons. The van der Waals surface area contributed by atoms with E-state index in [0.29, 0.717) is 17.0 Å². The first-order valence-electron chi connectivity index (χ1n) is 5.75. The van der Waals surface area contributed by atoms with E-state index in [9.17, 15) is 9.50 Å². The minimum atomic E-state index is -0.795. The molecule has 0 amide bonds. The van der Waals surface area contributed by atoms with Crippen molar-refractivity contribution in [2.75, 3.05) is 0 Å². The van der Waals surface area contributed by atoms with E-state index in [2.05, 4.69) is 0 Å². The molecule has 2 aromatic carbocycles. The molecule has 3 heteroatoms. The summed E-state index contributed by atoms with van der Waals surface area (Å²) in [6, 6.07) is 11.9. The van der Waals surface area contributed by atoms with Crippen molar-refractivity contribution < 1.29 is 9.50 Å². The largest absolute Gasteiger partial charge is 0.388 e. The van der Waals surface area contributed by atoms with Gasteiger partial charge in [-0.2, -0.15) is 0 Å². The minimum absolute atomic E-state index is 0.385. The van der Waals surface area contributed by atoms with E-state index in [1.807, 2.05) is 31.2 Å². The van der Waals surface area contributed by atoms with Crippen LogP contribution in [0.25, 0.3) is 0 Å². The summed E-state index contributed by atoms with van der Waals surface area (Å²) in [7, 11) is 0. The minimum Gasteiger partial charge on any atom is -0.388 e. The average molecular weight is 265 g/mol. The zero-order valence-electron chi connectivity index (χ0n) is 10.0. The van der Waals surface area contributed by atoms with Gasteiger partial charge in [-0.25, -0.2) is 4.39 Å². The lowest BCUT2D eigenvalue weighted by Gasteiger charge is -2.13. The van der Waals surface area contributed by atoms with Crippen molar-refractivity contribution in [2.45, 2.75) is 19.4 Å². The normalized spacial score (nSPS) is 12.4. The summed E-state index contributed by atoms with van der Waals surface area (Å²) in [4.78, 5) is 0. The van der Waals surface area contributed by atoms with Gasteiger partial charge in [-0.15, -0.1) is 0 Å². The molecule has 0 spiro atoms. The second-order valence-electron chi connectivity index (χ2n) is 4.37. The van der Waals surface area contributed by atoms with Crippen molar-refractivity contribution in [3.8, 4) is 0 Å². The van der Waals surface area contributed by atoms with Gasteiger partial charge in [0.1, 0.15) is 5.82 Å². The van der Waals surface area contributed by atoms with Crippen LogP contribution in [0.2, 0.25) is 5.02 Å². The van der Waals surface area contributed by atoms with Crippen molar-refractivity contribution in [1.29, 1.82) is 0 Å². The van der Waals surface area contributed by atoms with Gasteiger partial charge in [-0.05, 0) is 30.7 Å². The fourth-order valence-corrected chi connectivity index (χ4v) is 2.07. The van der Waals surface area contributed by atoms with Crippen LogP contribution in [-0.4, -0.2) is 5.11 Å². The van der Waals surface area contributed by atoms with Gasteiger partial charge in [-0.3, -0.25) is 0 Å². The molecule has 0 fully saturated rings. The smallest absolute Gasteiger partial charge is 0.123 e. The van der Waals surface area contributed by atoms with Gasteiger partial charge < -0.3 is 5.11 Å². The van der Waals surface area contributed by atoms with E-state index < -0.39 is 11.9 Å². The summed E-state index contributed by atoms with van der Waals surface area (Å²) < 4.78 is 13.1. The molecule has 1 N–H and O–H groups in total. The fraction of sp³-hybridized carbons (Fsp3) is 0.200. The lowest BCUT2D eigenvalue weighted by molar-refractivity contribution is 0.178. The number of hydrogen-bond donors (Lipinski definition) is 1. The van der Waals surface area contributed by atoms with Crippen molar-refractivity contribution in [2.24, 2.45) is 0 Å². The van der Waals surface area contributed by atoms with Crippen molar-refractivity contribution in [3.05, 3.63) is 70.0 Å². The molecule has 0 saturated heterocycles. The molecule has 1 unspecified atom stereocenters. The number of aliphatic hydroxyl groups is 1. The van der Waals surface area contributed by atoms with Gasteiger partial charge in [0.2, 0.25) is 0 Å². The van der Waals surface area contributed by atoms with E-state index in [1.54, 1.807) is 0 Å². The summed E-state index contributed by atoms with van der Waals surface area (Å²) in [5, 5.41) is 10.5. The summed E-state index contributed by atoms with van der Waals surface area (Å²) in [6.45, 7) is 2.00. The molecule has 1 nitrogen and oxygen atoms in total. The Labute approximate surface area is 111 Å². The predicted molar refractivity (Wildman–Crippen MR) is 71.3 cm³/mol. The van der Waals surface area contributed by atoms with E-state index in [-0.39, 0.29) is 0 Å². The van der Waals surface area contributed by atoms with Crippen LogP contribution in [0.15, 0.2) is 42.5 Å². The van der Waals surface area contributed by atoms with Crippen LogP contribution in [0, 0.1) is 12.7 Å². The van der Waals surface area contributed by atoms with Crippen LogP contribution < -0.4 is 0 Å². The second kappa shape index (κ2) is 5.51. The number of benzene rings is 2. The first-order valence-corrected chi connectivity index (χ1v) is 6.12. The van der Waals surface area contributed by atoms with E-state index >= 15 is 0 Å². The highest BCUT2D eigenvalue weighted by atomic mass is 35.5. The molecular formula is C15H14ClFO. The van der Waals surface area contributed by atoms with Crippen molar-refractivity contribution in [1.82, 2.24) is 0 Å². The summed E-state index contributed by atoms with van der Waals surface area (Å²) >= 11 is 5.96. The van der Waals surface area contributed by atoms with Gasteiger partial charge in [0.05, 0.1) is 6.10 Å². The zero-order valence-corrected chi connectivity index (χ0v) is 10.8. The summed E-state index contributed by atoms with van der Waals surface area (Å²) in [6.07, 6.45) is -0.375. The molecule has 18 heavy (non-hydrogen) atoms. The van der Waals surface area contributed by atoms with Gasteiger partial charge in [0, 0.05) is 17.0 Å². The van der Waals surface area contributed by atoms with Gasteiger partial charge in [0.15, 0.2) is 0 Å². The number of aryl methyl sites for hydroxylation is 1. The summed E-state index contributed by atoms with van der Waals surface area (Å²) in [5.74, 6) is -0.391. The number of rotatable bonds is 3. The Morgan fingerprint density at radius 2 is 1.83 bits per heavy atom. The van der Waals surface area contributed by atoms with Gasteiger partial charge in [-0.1, -0.05) is 41.4 Å². The first-order chi connectivity index (χ1) is 8.56. The SMILES string of the molecule is Cc1ccc(CC(O)c2cc(F)ccc2Cl)cc1. The molecule has 2 aromatic rings. The van der Waals surface area contributed by atoms with E-state index in [1.165, 1.54) is 18.2 Å². The Balaban J connectivity index is 2.18. The third-order valence-corrected chi connectivity index (χ3v) is 3.21. The standard InChI is InChI=1S/C15H14ClFO/c1-10-2-4-11(5-3-10)8-15(18)13-9-12(17)6-7-14(13)16/h2-7,9,15,18H,8H2,1H3. The second-order valence-corrected chi connectivity index (χ2v) is 4.78. The Morgan fingerprint density at radius 1 is 1.17 bits per heavy atom. The molecule has 0 bridgehead atoms. The highest BCUT2D eigenvalue weighted by Crippen LogP contribution is 2.26. The molecule has 0 aromatic heterocycles. The van der Waals surface area contributed by atoms with Crippen LogP contribution in [0.4, 0.5) is 4.39 Å². The molecule has 0 heterocycles. The highest BCUT2D eigenvalue weighted by Gasteiger charge is 2.13. The Bertz CT molecular complexity index is 537. The third kappa shape index (κ3) is 3.09. The number of hydrogen-bond acceptors (Lipinski definition) is 1.